The van der Waals surface area contributed by atoms with Crippen molar-refractivity contribution in [2.75, 3.05) is 58.4 Å². The van der Waals surface area contributed by atoms with E-state index in [-0.39, 0.29) is 28.4 Å². The summed E-state index contributed by atoms with van der Waals surface area (Å²) in [6, 6.07) is 11.0. The number of halogens is 4. The number of fused-ring (bicyclic) bond motifs is 1. The molecule has 3 aliphatic rings. The molecule has 3 aromatic rings. The SMILES string of the molecule is COc1ccc(S(=O)(=O)N2C(=O)C(NC(=O)ON3CCC(C4CCN(C)CC4)CC3)(c3ccccc3OCC(F)F)c3cc(Cl)c(F)cc32)c(OC)c1. The second-order valence-electron chi connectivity index (χ2n) is 13.2. The Kier molecular flexibility index (Phi) is 11.3. The van der Waals surface area contributed by atoms with Gasteiger partial charge in [-0.15, -0.1) is 5.06 Å². The number of piperidine rings is 2. The summed E-state index contributed by atoms with van der Waals surface area (Å²) in [7, 11) is -0.300. The van der Waals surface area contributed by atoms with Gasteiger partial charge in [0.15, 0.2) is 5.54 Å². The van der Waals surface area contributed by atoms with Crippen molar-refractivity contribution in [1.29, 1.82) is 0 Å². The van der Waals surface area contributed by atoms with Crippen LogP contribution in [0, 0.1) is 17.7 Å². The third kappa shape index (κ3) is 7.46. The van der Waals surface area contributed by atoms with Gasteiger partial charge in [0.25, 0.3) is 22.4 Å². The first-order valence-corrected chi connectivity index (χ1v) is 18.9. The summed E-state index contributed by atoms with van der Waals surface area (Å²) in [5.41, 5.74) is -3.55. The van der Waals surface area contributed by atoms with E-state index in [4.69, 9.17) is 30.6 Å². The van der Waals surface area contributed by atoms with Crippen molar-refractivity contribution < 1.29 is 50.2 Å². The zero-order valence-electron chi connectivity index (χ0n) is 29.3. The number of benzene rings is 3. The van der Waals surface area contributed by atoms with Crippen molar-refractivity contribution in [1.82, 2.24) is 15.3 Å². The van der Waals surface area contributed by atoms with Crippen LogP contribution in [0.1, 0.15) is 36.8 Å². The maximum absolute atomic E-state index is 15.3. The average Bonchev–Trinajstić information content (AvgIpc) is 3.37. The van der Waals surface area contributed by atoms with Crippen LogP contribution in [-0.2, 0) is 25.2 Å². The quantitative estimate of drug-likeness (QED) is 0.255. The number of hydrogen-bond donors (Lipinski definition) is 1. The Hall–Kier alpha value is -4.25. The molecule has 3 heterocycles. The number of carbonyl (C=O) groups is 2. The summed E-state index contributed by atoms with van der Waals surface area (Å²) >= 11 is 6.26. The number of alkyl halides is 2. The van der Waals surface area contributed by atoms with Crippen molar-refractivity contribution in [2.45, 2.75) is 42.5 Å². The number of ether oxygens (including phenoxy) is 3. The number of rotatable bonds is 11. The molecule has 0 aromatic heterocycles. The minimum Gasteiger partial charge on any atom is -0.497 e. The fraction of sp³-hybridized carbons (Fsp3) is 0.444. The van der Waals surface area contributed by atoms with Crippen molar-refractivity contribution in [2.24, 2.45) is 11.8 Å². The van der Waals surface area contributed by atoms with E-state index < -0.39 is 62.0 Å². The lowest BCUT2D eigenvalue weighted by molar-refractivity contribution is -0.130. The summed E-state index contributed by atoms with van der Waals surface area (Å²) in [6.07, 6.45) is -0.376. The highest BCUT2D eigenvalue weighted by molar-refractivity contribution is 7.93. The molecular formula is C36H40ClF3N4O8S. The van der Waals surface area contributed by atoms with Gasteiger partial charge in [-0.2, -0.15) is 4.31 Å². The molecule has 12 nitrogen and oxygen atoms in total. The van der Waals surface area contributed by atoms with Gasteiger partial charge < -0.3 is 23.9 Å². The van der Waals surface area contributed by atoms with Gasteiger partial charge in [-0.05, 0) is 81.9 Å². The summed E-state index contributed by atoms with van der Waals surface area (Å²) in [5.74, 6) is -1.64. The number of sulfonamides is 1. The third-order valence-corrected chi connectivity index (χ3v) is 12.2. The molecule has 1 atom stereocenters. The lowest BCUT2D eigenvalue weighted by Gasteiger charge is -2.39. The predicted octanol–water partition coefficient (Wildman–Crippen LogP) is 5.81. The van der Waals surface area contributed by atoms with Gasteiger partial charge in [-0.25, -0.2) is 26.4 Å². The van der Waals surface area contributed by atoms with Crippen molar-refractivity contribution in [3.8, 4) is 17.2 Å². The average molecular weight is 781 g/mol. The number of nitrogens with zero attached hydrogens (tertiary/aromatic N) is 3. The number of amides is 2. The van der Waals surface area contributed by atoms with Crippen LogP contribution >= 0.6 is 11.6 Å². The highest BCUT2D eigenvalue weighted by Gasteiger charge is 2.59. The van der Waals surface area contributed by atoms with E-state index in [0.29, 0.717) is 29.2 Å². The molecule has 1 unspecified atom stereocenters. The summed E-state index contributed by atoms with van der Waals surface area (Å²) < 4.78 is 87.5. The molecular weight excluding hydrogens is 741 g/mol. The summed E-state index contributed by atoms with van der Waals surface area (Å²) in [5, 5.41) is 3.50. The Morgan fingerprint density at radius 3 is 2.25 bits per heavy atom. The van der Waals surface area contributed by atoms with E-state index in [1.54, 1.807) is 0 Å². The van der Waals surface area contributed by atoms with E-state index in [1.165, 1.54) is 55.7 Å². The molecule has 3 aromatic carbocycles. The van der Waals surface area contributed by atoms with Crippen LogP contribution < -0.4 is 23.8 Å². The molecule has 2 amide bonds. The van der Waals surface area contributed by atoms with Gasteiger partial charge >= 0.3 is 6.09 Å². The van der Waals surface area contributed by atoms with Gasteiger partial charge in [0.1, 0.15) is 34.6 Å². The summed E-state index contributed by atoms with van der Waals surface area (Å²) in [4.78, 5) is 36.5. The van der Waals surface area contributed by atoms with E-state index in [9.17, 15) is 22.0 Å². The molecule has 6 rings (SSSR count). The molecule has 0 aliphatic carbocycles. The number of methoxy groups -OCH3 is 2. The smallest absolute Gasteiger partial charge is 0.427 e. The van der Waals surface area contributed by atoms with Crippen LogP contribution in [0.15, 0.2) is 59.5 Å². The second-order valence-corrected chi connectivity index (χ2v) is 15.4. The largest absolute Gasteiger partial charge is 0.497 e. The number of likely N-dealkylation sites (tertiary alicyclic amines) is 1. The molecule has 1 N–H and O–H groups in total. The number of carbonyl (C=O) groups excluding carboxylic acids is 2. The minimum atomic E-state index is -4.97. The highest BCUT2D eigenvalue weighted by atomic mass is 35.5. The number of hydroxylamine groups is 2. The van der Waals surface area contributed by atoms with E-state index in [0.717, 1.165) is 57.0 Å². The lowest BCUT2D eigenvalue weighted by atomic mass is 9.79. The van der Waals surface area contributed by atoms with Crippen molar-refractivity contribution in [3.05, 3.63) is 76.6 Å². The molecule has 2 fully saturated rings. The second kappa shape index (κ2) is 15.6. The molecule has 0 spiro atoms. The predicted molar refractivity (Wildman–Crippen MR) is 188 cm³/mol. The van der Waals surface area contributed by atoms with Crippen molar-refractivity contribution in [3.63, 3.8) is 0 Å². The molecule has 17 heteroatoms. The number of para-hydroxylation sites is 1. The van der Waals surface area contributed by atoms with Gasteiger partial charge in [0.05, 0.1) is 24.9 Å². The standard InChI is InChI=1S/C36H40ClF3N4O8S/c1-42-14-10-22(11-15-42)23-12-16-43(17-13-23)52-35(46)41-36(25-6-4-5-7-30(25)51-21-33(39)40)26-19-27(37)28(38)20-29(26)44(34(36)45)53(47,48)32-9-8-24(49-2)18-31(32)50-3/h4-9,18-20,22-23,33H,10-17,21H2,1-3H3,(H,41,46). The van der Waals surface area contributed by atoms with Crippen molar-refractivity contribution >= 4 is 39.3 Å². The lowest BCUT2D eigenvalue weighted by Crippen LogP contribution is -2.56. The molecule has 0 bridgehead atoms. The number of nitrogens with one attached hydrogen (secondary N) is 1. The van der Waals surface area contributed by atoms with E-state index in [2.05, 4.69) is 17.3 Å². The molecule has 0 radical (unpaired) electrons. The zero-order valence-corrected chi connectivity index (χ0v) is 30.9. The zero-order chi connectivity index (χ0) is 38.1. The van der Waals surface area contributed by atoms with Crippen LogP contribution in [0.4, 0.5) is 23.7 Å². The maximum atomic E-state index is 15.3. The topological polar surface area (TPSA) is 127 Å². The Morgan fingerprint density at radius 2 is 1.60 bits per heavy atom. The highest BCUT2D eigenvalue weighted by Crippen LogP contribution is 2.51. The Morgan fingerprint density at radius 1 is 0.943 bits per heavy atom. The molecule has 286 valence electrons. The first-order valence-electron chi connectivity index (χ1n) is 17.1. The minimum absolute atomic E-state index is 0.206. The normalized spacial score (nSPS) is 20.4. The van der Waals surface area contributed by atoms with E-state index in [1.807, 2.05) is 0 Å². The molecule has 3 aliphatic heterocycles. The van der Waals surface area contributed by atoms with Crippen LogP contribution in [-0.4, -0.2) is 90.9 Å². The summed E-state index contributed by atoms with van der Waals surface area (Å²) in [6.45, 7) is 1.77. The fourth-order valence-corrected chi connectivity index (χ4v) is 9.20. The van der Waals surface area contributed by atoms with Crippen LogP contribution in [0.3, 0.4) is 0 Å². The first-order chi connectivity index (χ1) is 25.3. The van der Waals surface area contributed by atoms with E-state index >= 15 is 9.18 Å². The molecule has 0 saturated carbocycles. The third-order valence-electron chi connectivity index (χ3n) is 10.1. The van der Waals surface area contributed by atoms with Crippen LogP contribution in [0.2, 0.25) is 5.02 Å². The Labute approximate surface area is 310 Å². The fourth-order valence-electron chi connectivity index (χ4n) is 7.44. The van der Waals surface area contributed by atoms with Crippen LogP contribution in [0.5, 0.6) is 17.2 Å². The van der Waals surface area contributed by atoms with Gasteiger partial charge in [0, 0.05) is 36.3 Å². The van der Waals surface area contributed by atoms with Gasteiger partial charge in [0.2, 0.25) is 0 Å². The van der Waals surface area contributed by atoms with Crippen LogP contribution in [0.25, 0.3) is 0 Å². The Bertz CT molecular complexity index is 1960. The first kappa shape index (κ1) is 38.5. The molecule has 53 heavy (non-hydrogen) atoms. The monoisotopic (exact) mass is 780 g/mol. The Balaban J connectivity index is 1.42. The number of hydrogen-bond acceptors (Lipinski definition) is 10. The van der Waals surface area contributed by atoms with Gasteiger partial charge in [-0.1, -0.05) is 29.8 Å². The number of anilines is 1. The molecule has 2 saturated heterocycles. The van der Waals surface area contributed by atoms with Gasteiger partial charge in [-0.3, -0.25) is 10.1 Å². The maximum Gasteiger partial charge on any atom is 0.427 e.